The van der Waals surface area contributed by atoms with E-state index in [0.29, 0.717) is 37.9 Å². The highest BCUT2D eigenvalue weighted by atomic mass is 32.2. The monoisotopic (exact) mass is 569 g/mol. The van der Waals surface area contributed by atoms with Crippen LogP contribution < -0.4 is 9.62 Å². The SMILES string of the molecule is CN(C)[C@]1(CCc2cccc(C(F)(F)F)c2)CCCN(c2cc(F)c(S(=O)(=O)Nc3ncccn3)c(F)c2)C1. The summed E-state index contributed by atoms with van der Waals surface area (Å²) in [7, 11) is -0.914. The van der Waals surface area contributed by atoms with Crippen LogP contribution in [0.4, 0.5) is 33.6 Å². The Morgan fingerprint density at radius 2 is 1.72 bits per heavy atom. The molecule has 2 heterocycles. The number of halogens is 5. The number of sulfonamides is 1. The molecule has 0 aliphatic carbocycles. The minimum absolute atomic E-state index is 0.171. The van der Waals surface area contributed by atoms with Gasteiger partial charge in [0.25, 0.3) is 10.0 Å². The van der Waals surface area contributed by atoms with Crippen LogP contribution in [0.15, 0.2) is 59.8 Å². The Morgan fingerprint density at radius 3 is 2.33 bits per heavy atom. The van der Waals surface area contributed by atoms with Gasteiger partial charge in [-0.3, -0.25) is 0 Å². The normalized spacial score (nSPS) is 18.4. The average molecular weight is 570 g/mol. The summed E-state index contributed by atoms with van der Waals surface area (Å²) < 4.78 is 97.0. The molecule has 0 spiro atoms. The number of nitrogens with zero attached hydrogens (tertiary/aromatic N) is 4. The predicted octanol–water partition coefficient (Wildman–Crippen LogP) is 5.11. The van der Waals surface area contributed by atoms with Crippen LogP contribution >= 0.6 is 0 Å². The molecule has 1 aliphatic rings. The number of anilines is 2. The molecular formula is C26H28F5N5O2S. The summed E-state index contributed by atoms with van der Waals surface area (Å²) in [5, 5.41) is 0. The van der Waals surface area contributed by atoms with Crippen molar-refractivity contribution in [2.24, 2.45) is 0 Å². The Kier molecular flexibility index (Phi) is 8.12. The molecule has 2 aromatic carbocycles. The van der Waals surface area contributed by atoms with Gasteiger partial charge in [-0.15, -0.1) is 0 Å². The van der Waals surface area contributed by atoms with E-state index in [1.165, 1.54) is 24.5 Å². The van der Waals surface area contributed by atoms with Crippen molar-refractivity contribution in [1.29, 1.82) is 0 Å². The van der Waals surface area contributed by atoms with E-state index < -0.39 is 43.8 Å². The molecule has 1 aromatic heterocycles. The molecule has 0 radical (unpaired) electrons. The minimum atomic E-state index is -4.64. The van der Waals surface area contributed by atoms with Crippen LogP contribution in [0, 0.1) is 11.6 Å². The van der Waals surface area contributed by atoms with E-state index in [1.807, 2.05) is 23.7 Å². The van der Waals surface area contributed by atoms with Gasteiger partial charge in [0, 0.05) is 36.7 Å². The molecular weight excluding hydrogens is 541 g/mol. The fraction of sp³-hybridized carbons (Fsp3) is 0.385. The maximum atomic E-state index is 15.1. The number of likely N-dealkylation sites (N-methyl/N-ethyl adjacent to an activating group) is 1. The van der Waals surface area contributed by atoms with Gasteiger partial charge in [-0.2, -0.15) is 13.2 Å². The molecule has 1 saturated heterocycles. The van der Waals surface area contributed by atoms with Crippen LogP contribution in [-0.2, 0) is 22.6 Å². The molecule has 1 N–H and O–H groups in total. The van der Waals surface area contributed by atoms with E-state index in [2.05, 4.69) is 9.97 Å². The van der Waals surface area contributed by atoms with Gasteiger partial charge in [0.2, 0.25) is 5.95 Å². The molecule has 13 heteroatoms. The highest BCUT2D eigenvalue weighted by molar-refractivity contribution is 7.92. The molecule has 210 valence electrons. The van der Waals surface area contributed by atoms with Crippen molar-refractivity contribution in [2.75, 3.05) is 36.8 Å². The average Bonchev–Trinajstić information content (AvgIpc) is 2.87. The Morgan fingerprint density at radius 1 is 1.05 bits per heavy atom. The molecule has 0 unspecified atom stereocenters. The Labute approximate surface area is 223 Å². The zero-order valence-corrected chi connectivity index (χ0v) is 22.2. The second kappa shape index (κ2) is 11.0. The number of piperidine rings is 1. The van der Waals surface area contributed by atoms with E-state index >= 15 is 8.78 Å². The fourth-order valence-corrected chi connectivity index (χ4v) is 5.99. The molecule has 4 rings (SSSR count). The molecule has 0 bridgehead atoms. The maximum Gasteiger partial charge on any atom is 0.416 e. The second-order valence-corrected chi connectivity index (χ2v) is 11.4. The van der Waals surface area contributed by atoms with Crippen molar-refractivity contribution in [3.8, 4) is 0 Å². The summed E-state index contributed by atoms with van der Waals surface area (Å²) in [6.45, 7) is 0.820. The summed E-state index contributed by atoms with van der Waals surface area (Å²) in [4.78, 5) is 10.0. The molecule has 1 atom stereocenters. The van der Waals surface area contributed by atoms with Gasteiger partial charge in [-0.25, -0.2) is 31.9 Å². The van der Waals surface area contributed by atoms with Gasteiger partial charge in [0.15, 0.2) is 4.90 Å². The molecule has 1 fully saturated rings. The Hall–Kier alpha value is -3.32. The maximum absolute atomic E-state index is 15.1. The van der Waals surface area contributed by atoms with E-state index in [1.54, 1.807) is 11.0 Å². The first-order chi connectivity index (χ1) is 18.3. The third-order valence-electron chi connectivity index (χ3n) is 7.05. The third kappa shape index (κ3) is 6.47. The molecule has 7 nitrogen and oxygen atoms in total. The lowest BCUT2D eigenvalue weighted by atomic mass is 9.82. The van der Waals surface area contributed by atoms with E-state index in [-0.39, 0.29) is 11.6 Å². The summed E-state index contributed by atoms with van der Waals surface area (Å²) in [6, 6.07) is 8.61. The van der Waals surface area contributed by atoms with Crippen molar-refractivity contribution in [1.82, 2.24) is 14.9 Å². The smallest absolute Gasteiger partial charge is 0.370 e. The molecule has 0 amide bonds. The Balaban J connectivity index is 1.56. The van der Waals surface area contributed by atoms with Gasteiger partial charge in [0.1, 0.15) is 11.6 Å². The number of hydrogen-bond donors (Lipinski definition) is 1. The first-order valence-corrected chi connectivity index (χ1v) is 13.7. The van der Waals surface area contributed by atoms with Gasteiger partial charge in [-0.1, -0.05) is 18.2 Å². The lowest BCUT2D eigenvalue weighted by Gasteiger charge is -2.48. The Bertz CT molecular complexity index is 1400. The van der Waals surface area contributed by atoms with E-state index in [9.17, 15) is 21.6 Å². The van der Waals surface area contributed by atoms with Crippen molar-refractivity contribution < 1.29 is 30.4 Å². The van der Waals surface area contributed by atoms with Crippen molar-refractivity contribution in [2.45, 2.75) is 42.3 Å². The summed E-state index contributed by atoms with van der Waals surface area (Å²) >= 11 is 0. The number of alkyl halides is 3. The minimum Gasteiger partial charge on any atom is -0.370 e. The third-order valence-corrected chi connectivity index (χ3v) is 8.42. The predicted molar refractivity (Wildman–Crippen MR) is 137 cm³/mol. The van der Waals surface area contributed by atoms with E-state index in [0.717, 1.165) is 30.7 Å². The standard InChI is InChI=1S/C26H28F5N5O2S/c1-35(2)25(10-8-18-6-3-7-19(14-18)26(29,30)31)9-4-13-36(17-25)20-15-21(27)23(22(28)16-20)39(37,38)34-24-32-11-5-12-33-24/h3,5-7,11-12,14-16H,4,8-10,13,17H2,1-2H3,(H,32,33,34)/t25-/m0/s1. The van der Waals surface area contributed by atoms with Crippen LogP contribution in [-0.4, -0.2) is 56.0 Å². The zero-order chi connectivity index (χ0) is 28.4. The number of aryl methyl sites for hydroxylation is 1. The summed E-state index contributed by atoms with van der Waals surface area (Å²) in [5.74, 6) is -2.86. The van der Waals surface area contributed by atoms with Crippen molar-refractivity contribution >= 4 is 21.7 Å². The van der Waals surface area contributed by atoms with Crippen LogP contribution in [0.1, 0.15) is 30.4 Å². The molecule has 3 aromatic rings. The number of hydrogen-bond acceptors (Lipinski definition) is 6. The van der Waals surface area contributed by atoms with Crippen LogP contribution in [0.2, 0.25) is 0 Å². The summed E-state index contributed by atoms with van der Waals surface area (Å²) in [5.41, 5.74) is -0.482. The van der Waals surface area contributed by atoms with Crippen LogP contribution in [0.25, 0.3) is 0 Å². The first kappa shape index (κ1) is 28.7. The van der Waals surface area contributed by atoms with E-state index in [4.69, 9.17) is 0 Å². The largest absolute Gasteiger partial charge is 0.416 e. The quantitative estimate of drug-likeness (QED) is 0.380. The number of nitrogens with one attached hydrogen (secondary N) is 1. The van der Waals surface area contributed by atoms with Crippen LogP contribution in [0.3, 0.4) is 0 Å². The number of rotatable bonds is 8. The summed E-state index contributed by atoms with van der Waals surface area (Å²) in [6.07, 6.45) is 0.403. The van der Waals surface area contributed by atoms with Crippen LogP contribution in [0.5, 0.6) is 0 Å². The highest BCUT2D eigenvalue weighted by Gasteiger charge is 2.38. The number of aromatic nitrogens is 2. The second-order valence-electron chi connectivity index (χ2n) is 9.76. The topological polar surface area (TPSA) is 78.4 Å². The lowest BCUT2D eigenvalue weighted by molar-refractivity contribution is -0.137. The highest BCUT2D eigenvalue weighted by Crippen LogP contribution is 2.36. The zero-order valence-electron chi connectivity index (χ0n) is 21.3. The van der Waals surface area contributed by atoms with Crippen molar-refractivity contribution in [3.63, 3.8) is 0 Å². The van der Waals surface area contributed by atoms with Gasteiger partial charge < -0.3 is 9.80 Å². The number of benzene rings is 2. The van der Waals surface area contributed by atoms with Crippen molar-refractivity contribution in [3.05, 3.63) is 77.6 Å². The first-order valence-electron chi connectivity index (χ1n) is 12.2. The molecule has 39 heavy (non-hydrogen) atoms. The molecule has 0 saturated carbocycles. The van der Waals surface area contributed by atoms with Gasteiger partial charge in [-0.05, 0) is 69.6 Å². The van der Waals surface area contributed by atoms with Gasteiger partial charge in [0.05, 0.1) is 5.56 Å². The fourth-order valence-electron chi connectivity index (χ4n) is 4.91. The van der Waals surface area contributed by atoms with Gasteiger partial charge >= 0.3 is 6.18 Å². The lowest BCUT2D eigenvalue weighted by Crippen LogP contribution is -2.56. The molecule has 1 aliphatic heterocycles.